The molecule has 0 radical (unpaired) electrons. The van der Waals surface area contributed by atoms with E-state index in [0.29, 0.717) is 13.1 Å². The number of hydrogen-bond acceptors (Lipinski definition) is 3. The van der Waals surface area contributed by atoms with Crippen molar-refractivity contribution in [2.75, 3.05) is 19.6 Å². The van der Waals surface area contributed by atoms with E-state index in [1.165, 1.54) is 12.1 Å². The van der Waals surface area contributed by atoms with Gasteiger partial charge in [-0.3, -0.25) is 4.68 Å². The maximum atomic E-state index is 13.2. The van der Waals surface area contributed by atoms with E-state index in [4.69, 9.17) is 9.73 Å². The smallest absolute Gasteiger partial charge is 0.194 e. The van der Waals surface area contributed by atoms with Crippen LogP contribution in [0.1, 0.15) is 31.2 Å². The van der Waals surface area contributed by atoms with Gasteiger partial charge in [-0.2, -0.15) is 5.10 Å². The molecule has 1 aromatic carbocycles. The van der Waals surface area contributed by atoms with Crippen molar-refractivity contribution < 1.29 is 9.13 Å². The van der Waals surface area contributed by atoms with E-state index < -0.39 is 0 Å². The molecule has 6 nitrogen and oxygen atoms in total. The molecule has 0 amide bonds. The summed E-state index contributed by atoms with van der Waals surface area (Å²) in [4.78, 5) is 6.98. The second kappa shape index (κ2) is 8.31. The van der Waals surface area contributed by atoms with Crippen LogP contribution in [0.3, 0.4) is 0 Å². The SMILES string of the molecule is CCNC(=NCc1ccnn1C)N1CC(C)OC(c2ccc(F)cc2)C1. The monoisotopic (exact) mass is 359 g/mol. The van der Waals surface area contributed by atoms with Crippen molar-refractivity contribution in [3.8, 4) is 0 Å². The molecule has 0 aliphatic carbocycles. The molecule has 1 saturated heterocycles. The lowest BCUT2D eigenvalue weighted by Gasteiger charge is -2.38. The number of benzene rings is 1. The average molecular weight is 359 g/mol. The Bertz CT molecular complexity index is 743. The zero-order valence-electron chi connectivity index (χ0n) is 15.5. The zero-order chi connectivity index (χ0) is 18.5. The Balaban J connectivity index is 1.77. The Hall–Kier alpha value is -2.41. The third kappa shape index (κ3) is 4.40. The number of nitrogens with one attached hydrogen (secondary N) is 1. The van der Waals surface area contributed by atoms with Crippen molar-refractivity contribution >= 4 is 5.96 Å². The van der Waals surface area contributed by atoms with E-state index in [1.807, 2.05) is 24.7 Å². The van der Waals surface area contributed by atoms with Crippen molar-refractivity contribution in [1.82, 2.24) is 20.0 Å². The highest BCUT2D eigenvalue weighted by Crippen LogP contribution is 2.25. The quantitative estimate of drug-likeness (QED) is 0.673. The summed E-state index contributed by atoms with van der Waals surface area (Å²) in [6.07, 6.45) is 1.72. The molecule has 2 atom stereocenters. The van der Waals surface area contributed by atoms with Crippen molar-refractivity contribution in [3.63, 3.8) is 0 Å². The van der Waals surface area contributed by atoms with E-state index in [9.17, 15) is 4.39 Å². The number of hydrogen-bond donors (Lipinski definition) is 1. The van der Waals surface area contributed by atoms with Crippen LogP contribution in [0.15, 0.2) is 41.5 Å². The van der Waals surface area contributed by atoms with E-state index in [1.54, 1.807) is 18.3 Å². The van der Waals surface area contributed by atoms with Gasteiger partial charge in [0.1, 0.15) is 11.9 Å². The summed E-state index contributed by atoms with van der Waals surface area (Å²) in [7, 11) is 1.92. The molecular formula is C19H26FN5O. The summed E-state index contributed by atoms with van der Waals surface area (Å²) in [6.45, 7) is 6.89. The lowest BCUT2D eigenvalue weighted by atomic mass is 10.1. The topological polar surface area (TPSA) is 54.7 Å². The van der Waals surface area contributed by atoms with Crippen LogP contribution in [0.2, 0.25) is 0 Å². The molecule has 2 unspecified atom stereocenters. The molecule has 1 aliphatic rings. The van der Waals surface area contributed by atoms with E-state index >= 15 is 0 Å². The largest absolute Gasteiger partial charge is 0.367 e. The van der Waals surface area contributed by atoms with Gasteiger partial charge in [-0.05, 0) is 37.6 Å². The van der Waals surface area contributed by atoms with Gasteiger partial charge in [0, 0.05) is 26.3 Å². The van der Waals surface area contributed by atoms with Crippen molar-refractivity contribution in [1.29, 1.82) is 0 Å². The first kappa shape index (κ1) is 18.4. The van der Waals surface area contributed by atoms with Crippen LogP contribution in [0.5, 0.6) is 0 Å². The lowest BCUT2D eigenvalue weighted by molar-refractivity contribution is -0.0605. The number of aliphatic imine (C=N–C) groups is 1. The molecule has 2 heterocycles. The molecule has 1 fully saturated rings. The first-order valence-electron chi connectivity index (χ1n) is 8.98. The Morgan fingerprint density at radius 3 is 2.73 bits per heavy atom. The Morgan fingerprint density at radius 1 is 1.31 bits per heavy atom. The maximum absolute atomic E-state index is 13.2. The molecule has 3 rings (SSSR count). The third-order valence-corrected chi connectivity index (χ3v) is 4.45. The summed E-state index contributed by atoms with van der Waals surface area (Å²) < 4.78 is 21.1. The number of morpholine rings is 1. The van der Waals surface area contributed by atoms with Gasteiger partial charge in [0.25, 0.3) is 0 Å². The van der Waals surface area contributed by atoms with Gasteiger partial charge in [0.15, 0.2) is 5.96 Å². The second-order valence-corrected chi connectivity index (χ2v) is 6.51. The van der Waals surface area contributed by atoms with Gasteiger partial charge >= 0.3 is 0 Å². The summed E-state index contributed by atoms with van der Waals surface area (Å²) in [5, 5.41) is 7.55. The first-order valence-corrected chi connectivity index (χ1v) is 8.98. The van der Waals surface area contributed by atoms with Gasteiger partial charge < -0.3 is 15.0 Å². The van der Waals surface area contributed by atoms with Gasteiger partial charge in [0.05, 0.1) is 24.9 Å². The summed E-state index contributed by atoms with van der Waals surface area (Å²) in [5.41, 5.74) is 2.03. The van der Waals surface area contributed by atoms with Crippen molar-refractivity contribution in [2.24, 2.45) is 12.0 Å². The Labute approximate surface area is 153 Å². The van der Waals surface area contributed by atoms with Crippen molar-refractivity contribution in [2.45, 2.75) is 32.6 Å². The average Bonchev–Trinajstić information content (AvgIpc) is 3.03. The number of guanidine groups is 1. The number of halogens is 1. The van der Waals surface area contributed by atoms with Crippen LogP contribution in [-0.2, 0) is 18.3 Å². The molecule has 26 heavy (non-hydrogen) atoms. The van der Waals surface area contributed by atoms with Crippen LogP contribution in [0.25, 0.3) is 0 Å². The number of nitrogens with zero attached hydrogens (tertiary/aromatic N) is 4. The van der Waals surface area contributed by atoms with Crippen LogP contribution in [0, 0.1) is 5.82 Å². The fraction of sp³-hybridized carbons (Fsp3) is 0.474. The van der Waals surface area contributed by atoms with E-state index in [0.717, 1.165) is 30.3 Å². The zero-order valence-corrected chi connectivity index (χ0v) is 15.5. The maximum Gasteiger partial charge on any atom is 0.194 e. The molecule has 0 saturated carbocycles. The van der Waals surface area contributed by atoms with Crippen LogP contribution >= 0.6 is 0 Å². The van der Waals surface area contributed by atoms with Crippen LogP contribution in [0.4, 0.5) is 4.39 Å². The molecule has 0 spiro atoms. The van der Waals surface area contributed by atoms with Gasteiger partial charge in [-0.15, -0.1) is 0 Å². The fourth-order valence-corrected chi connectivity index (χ4v) is 3.12. The molecule has 1 aliphatic heterocycles. The predicted octanol–water partition coefficient (Wildman–Crippen LogP) is 2.49. The number of rotatable bonds is 4. The Kier molecular flexibility index (Phi) is 5.88. The van der Waals surface area contributed by atoms with Crippen LogP contribution in [-0.4, -0.2) is 46.4 Å². The minimum absolute atomic E-state index is 0.0550. The minimum Gasteiger partial charge on any atom is -0.367 e. The van der Waals surface area contributed by atoms with E-state index in [2.05, 4.69) is 22.2 Å². The van der Waals surface area contributed by atoms with Gasteiger partial charge in [0.2, 0.25) is 0 Å². The summed E-state index contributed by atoms with van der Waals surface area (Å²) >= 11 is 0. The van der Waals surface area contributed by atoms with Crippen LogP contribution < -0.4 is 5.32 Å². The molecule has 0 bridgehead atoms. The second-order valence-electron chi connectivity index (χ2n) is 6.51. The summed E-state index contributed by atoms with van der Waals surface area (Å²) in [6, 6.07) is 8.50. The molecule has 7 heteroatoms. The lowest BCUT2D eigenvalue weighted by Crippen LogP contribution is -2.50. The molecule has 1 N–H and O–H groups in total. The minimum atomic E-state index is -0.236. The highest BCUT2D eigenvalue weighted by Gasteiger charge is 2.28. The normalized spacial score (nSPS) is 21.1. The number of aryl methyl sites for hydroxylation is 1. The number of ether oxygens (including phenoxy) is 1. The molecule has 1 aromatic heterocycles. The van der Waals surface area contributed by atoms with Gasteiger partial charge in [-0.1, -0.05) is 12.1 Å². The predicted molar refractivity (Wildman–Crippen MR) is 99.3 cm³/mol. The standard InChI is InChI=1S/C19H26FN5O/c1-4-21-19(22-11-17-9-10-23-24(17)3)25-12-14(2)26-18(13-25)15-5-7-16(20)8-6-15/h5-10,14,18H,4,11-13H2,1-3H3,(H,21,22). The van der Waals surface area contributed by atoms with Gasteiger partial charge in [-0.25, -0.2) is 9.38 Å². The highest BCUT2D eigenvalue weighted by atomic mass is 19.1. The molecular weight excluding hydrogens is 333 g/mol. The molecule has 2 aromatic rings. The molecule has 140 valence electrons. The number of aromatic nitrogens is 2. The highest BCUT2D eigenvalue weighted by molar-refractivity contribution is 5.80. The first-order chi connectivity index (χ1) is 12.6. The fourth-order valence-electron chi connectivity index (χ4n) is 3.12. The summed E-state index contributed by atoms with van der Waals surface area (Å²) in [5.74, 6) is 0.622. The third-order valence-electron chi connectivity index (χ3n) is 4.45. The van der Waals surface area contributed by atoms with E-state index in [-0.39, 0.29) is 18.0 Å². The van der Waals surface area contributed by atoms with Crippen molar-refractivity contribution in [3.05, 3.63) is 53.6 Å². The Morgan fingerprint density at radius 2 is 2.08 bits per heavy atom.